The van der Waals surface area contributed by atoms with Crippen LogP contribution >= 0.6 is 0 Å². The number of nitrogens with zero attached hydrogens (tertiary/aromatic N) is 2. The van der Waals surface area contributed by atoms with Gasteiger partial charge >= 0.3 is 0 Å². The Morgan fingerprint density at radius 2 is 2.50 bits per heavy atom. The summed E-state index contributed by atoms with van der Waals surface area (Å²) >= 11 is 0. The van der Waals surface area contributed by atoms with Crippen molar-refractivity contribution in [2.45, 2.75) is 13.2 Å². The van der Waals surface area contributed by atoms with Crippen LogP contribution in [0.4, 0.5) is 4.39 Å². The molecule has 0 saturated carbocycles. The van der Waals surface area contributed by atoms with Crippen molar-refractivity contribution in [3.8, 4) is 0 Å². The van der Waals surface area contributed by atoms with Crippen molar-refractivity contribution in [2.24, 2.45) is 0 Å². The molecule has 0 aliphatic rings. The van der Waals surface area contributed by atoms with Crippen LogP contribution in [-0.4, -0.2) is 21.6 Å². The minimum atomic E-state index is -0.450. The standard InChI is InChI=1S/C6H9FN2O/c7-2-4-9-6(5-10)1-3-8-9/h1,3,10H,2,4-5H2. The largest absolute Gasteiger partial charge is 0.390 e. The fraction of sp³-hybridized carbons (Fsp3) is 0.500. The van der Waals surface area contributed by atoms with Crippen molar-refractivity contribution in [2.75, 3.05) is 6.67 Å². The zero-order valence-electron chi connectivity index (χ0n) is 5.50. The van der Waals surface area contributed by atoms with E-state index in [0.29, 0.717) is 5.69 Å². The molecular weight excluding hydrogens is 135 g/mol. The molecule has 0 saturated heterocycles. The lowest BCUT2D eigenvalue weighted by molar-refractivity contribution is 0.265. The Balaban J connectivity index is 2.70. The molecule has 0 unspecified atom stereocenters. The maximum absolute atomic E-state index is 11.7. The first-order chi connectivity index (χ1) is 4.88. The van der Waals surface area contributed by atoms with Crippen molar-refractivity contribution in [1.29, 1.82) is 0 Å². The van der Waals surface area contributed by atoms with E-state index in [9.17, 15) is 4.39 Å². The highest BCUT2D eigenvalue weighted by molar-refractivity contribution is 4.97. The first-order valence-corrected chi connectivity index (χ1v) is 3.06. The second-order valence-corrected chi connectivity index (χ2v) is 1.89. The van der Waals surface area contributed by atoms with Crippen LogP contribution in [0.25, 0.3) is 0 Å². The Bertz CT molecular complexity index is 199. The summed E-state index contributed by atoms with van der Waals surface area (Å²) in [5.74, 6) is 0. The summed E-state index contributed by atoms with van der Waals surface area (Å²) in [5, 5.41) is 12.4. The topological polar surface area (TPSA) is 38.1 Å². The van der Waals surface area contributed by atoms with Crippen molar-refractivity contribution < 1.29 is 9.50 Å². The van der Waals surface area contributed by atoms with Crippen LogP contribution in [0.2, 0.25) is 0 Å². The lowest BCUT2D eigenvalue weighted by Gasteiger charge is -1.99. The van der Waals surface area contributed by atoms with Crippen molar-refractivity contribution in [1.82, 2.24) is 9.78 Å². The summed E-state index contributed by atoms with van der Waals surface area (Å²) in [7, 11) is 0. The van der Waals surface area contributed by atoms with Crippen LogP contribution in [-0.2, 0) is 13.2 Å². The molecule has 10 heavy (non-hydrogen) atoms. The molecule has 1 rings (SSSR count). The number of alkyl halides is 1. The number of hydrogen-bond acceptors (Lipinski definition) is 2. The first-order valence-electron chi connectivity index (χ1n) is 3.06. The fourth-order valence-electron chi connectivity index (χ4n) is 0.776. The minimum absolute atomic E-state index is 0.0833. The lowest BCUT2D eigenvalue weighted by atomic mass is 10.4. The zero-order chi connectivity index (χ0) is 7.40. The van der Waals surface area contributed by atoms with Gasteiger partial charge < -0.3 is 5.11 Å². The van der Waals surface area contributed by atoms with E-state index >= 15 is 0 Å². The van der Waals surface area contributed by atoms with Crippen molar-refractivity contribution in [3.05, 3.63) is 18.0 Å². The van der Waals surface area contributed by atoms with Gasteiger partial charge in [-0.3, -0.25) is 4.68 Å². The molecule has 0 aliphatic carbocycles. The van der Waals surface area contributed by atoms with Gasteiger partial charge in [0.25, 0.3) is 0 Å². The van der Waals surface area contributed by atoms with Gasteiger partial charge in [0, 0.05) is 6.20 Å². The van der Waals surface area contributed by atoms with Gasteiger partial charge in [-0.15, -0.1) is 0 Å². The number of aliphatic hydroxyl groups excluding tert-OH is 1. The summed E-state index contributed by atoms with van der Waals surface area (Å²) < 4.78 is 13.2. The third kappa shape index (κ3) is 1.33. The third-order valence-electron chi connectivity index (χ3n) is 1.26. The number of aliphatic hydroxyl groups is 1. The molecule has 0 aliphatic heterocycles. The highest BCUT2D eigenvalue weighted by Crippen LogP contribution is 1.97. The zero-order valence-corrected chi connectivity index (χ0v) is 5.50. The van der Waals surface area contributed by atoms with E-state index in [-0.39, 0.29) is 13.2 Å². The van der Waals surface area contributed by atoms with Crippen molar-refractivity contribution >= 4 is 0 Å². The summed E-state index contributed by atoms with van der Waals surface area (Å²) in [6.45, 7) is -0.308. The SMILES string of the molecule is OCc1ccnn1CCF. The van der Waals surface area contributed by atoms with Crippen LogP contribution in [0, 0.1) is 0 Å². The molecule has 56 valence electrons. The van der Waals surface area contributed by atoms with Crippen LogP contribution in [0.1, 0.15) is 5.69 Å². The van der Waals surface area contributed by atoms with Gasteiger partial charge in [0.05, 0.1) is 18.8 Å². The Hall–Kier alpha value is -0.900. The minimum Gasteiger partial charge on any atom is -0.390 e. The van der Waals surface area contributed by atoms with E-state index < -0.39 is 6.67 Å². The number of aryl methyl sites for hydroxylation is 1. The second-order valence-electron chi connectivity index (χ2n) is 1.89. The van der Waals surface area contributed by atoms with Gasteiger partial charge in [0.15, 0.2) is 0 Å². The Morgan fingerprint density at radius 3 is 3.10 bits per heavy atom. The van der Waals surface area contributed by atoms with Gasteiger partial charge in [-0.1, -0.05) is 0 Å². The molecule has 4 heteroatoms. The van der Waals surface area contributed by atoms with E-state index in [0.717, 1.165) is 0 Å². The molecule has 1 aromatic heterocycles. The highest BCUT2D eigenvalue weighted by Gasteiger charge is 1.98. The van der Waals surface area contributed by atoms with Crippen LogP contribution in [0.3, 0.4) is 0 Å². The van der Waals surface area contributed by atoms with Gasteiger partial charge in [-0.25, -0.2) is 4.39 Å². The van der Waals surface area contributed by atoms with E-state index in [1.807, 2.05) is 0 Å². The maximum atomic E-state index is 11.7. The molecule has 1 N–H and O–H groups in total. The Labute approximate surface area is 58.1 Å². The third-order valence-corrected chi connectivity index (χ3v) is 1.26. The number of hydrogen-bond donors (Lipinski definition) is 1. The molecule has 1 heterocycles. The van der Waals surface area contributed by atoms with Crippen LogP contribution in [0.15, 0.2) is 12.3 Å². The molecule has 0 radical (unpaired) electrons. The van der Waals surface area contributed by atoms with Crippen LogP contribution < -0.4 is 0 Å². The normalized spacial score (nSPS) is 10.2. The smallest absolute Gasteiger partial charge is 0.109 e. The Morgan fingerprint density at radius 1 is 1.70 bits per heavy atom. The van der Waals surface area contributed by atoms with E-state index in [1.165, 1.54) is 4.68 Å². The summed E-state index contributed by atoms with van der Waals surface area (Å²) in [6.07, 6.45) is 1.54. The second kappa shape index (κ2) is 3.31. The van der Waals surface area contributed by atoms with E-state index in [4.69, 9.17) is 5.11 Å². The van der Waals surface area contributed by atoms with E-state index in [1.54, 1.807) is 12.3 Å². The van der Waals surface area contributed by atoms with Gasteiger partial charge in [0.2, 0.25) is 0 Å². The maximum Gasteiger partial charge on any atom is 0.109 e. The average Bonchev–Trinajstić information content (AvgIpc) is 2.36. The molecular formula is C6H9FN2O. The summed E-state index contributed by atoms with van der Waals surface area (Å²) in [5.41, 5.74) is 0.651. The molecule has 0 aromatic carbocycles. The predicted octanol–water partition coefficient (Wildman–Crippen LogP) is 0.345. The van der Waals surface area contributed by atoms with Crippen LogP contribution in [0.5, 0.6) is 0 Å². The van der Waals surface area contributed by atoms with Gasteiger partial charge in [-0.2, -0.15) is 5.10 Å². The van der Waals surface area contributed by atoms with Crippen molar-refractivity contribution in [3.63, 3.8) is 0 Å². The lowest BCUT2D eigenvalue weighted by Crippen LogP contribution is -2.05. The molecule has 3 nitrogen and oxygen atoms in total. The molecule has 0 atom stereocenters. The Kier molecular flexibility index (Phi) is 2.39. The molecule has 0 bridgehead atoms. The molecule has 0 fully saturated rings. The summed E-state index contributed by atoms with van der Waals surface area (Å²) in [6, 6.07) is 1.66. The molecule has 0 amide bonds. The quantitative estimate of drug-likeness (QED) is 0.664. The van der Waals surface area contributed by atoms with Gasteiger partial charge in [0.1, 0.15) is 6.67 Å². The average molecular weight is 144 g/mol. The molecule has 0 spiro atoms. The number of halogens is 1. The first kappa shape index (κ1) is 7.21. The summed E-state index contributed by atoms with van der Waals surface area (Å²) in [4.78, 5) is 0. The molecule has 1 aromatic rings. The monoisotopic (exact) mass is 144 g/mol. The van der Waals surface area contributed by atoms with E-state index in [2.05, 4.69) is 5.10 Å². The predicted molar refractivity (Wildman–Crippen MR) is 34.1 cm³/mol. The van der Waals surface area contributed by atoms with Gasteiger partial charge in [-0.05, 0) is 6.07 Å². The highest BCUT2D eigenvalue weighted by atomic mass is 19.1. The fourth-order valence-corrected chi connectivity index (χ4v) is 0.776. The number of rotatable bonds is 3. The number of aromatic nitrogens is 2.